The Hall–Kier alpha value is -3.67. The fourth-order valence-corrected chi connectivity index (χ4v) is 3.25. The first kappa shape index (κ1) is 14.7. The van der Waals surface area contributed by atoms with E-state index in [1.807, 2.05) is 53.2 Å². The quantitative estimate of drug-likeness (QED) is 0.582. The summed E-state index contributed by atoms with van der Waals surface area (Å²) in [6.45, 7) is 0. The standard InChI is InChI=1S/C20H15N5O/c26-17-8-4-2-6-15(17)20-22-16-7-3-1-5-14(16)19-23-18(24-25(19)20)13-9-11-21-12-10-13/h1-12,20,22,26H. The number of rotatable bonds is 2. The lowest BCUT2D eigenvalue weighted by Gasteiger charge is -2.28. The minimum absolute atomic E-state index is 0.219. The van der Waals surface area contributed by atoms with Crippen LogP contribution in [0.25, 0.3) is 22.8 Å². The van der Waals surface area contributed by atoms with Crippen LogP contribution in [0.4, 0.5) is 5.69 Å². The fraction of sp³-hybridized carbons (Fsp3) is 0.0500. The summed E-state index contributed by atoms with van der Waals surface area (Å²) < 4.78 is 1.83. The second kappa shape index (κ2) is 5.70. The monoisotopic (exact) mass is 341 g/mol. The molecule has 4 aromatic rings. The van der Waals surface area contributed by atoms with Gasteiger partial charge in [-0.05, 0) is 30.3 Å². The van der Waals surface area contributed by atoms with Crippen molar-refractivity contribution in [3.05, 3.63) is 78.6 Å². The summed E-state index contributed by atoms with van der Waals surface area (Å²) in [7, 11) is 0. The zero-order valence-electron chi connectivity index (χ0n) is 13.7. The van der Waals surface area contributed by atoms with Crippen LogP contribution in [0, 0.1) is 0 Å². The molecule has 3 heterocycles. The minimum Gasteiger partial charge on any atom is -0.508 e. The first-order valence-corrected chi connectivity index (χ1v) is 8.32. The number of hydrogen-bond acceptors (Lipinski definition) is 5. The van der Waals surface area contributed by atoms with Crippen LogP contribution in [0.1, 0.15) is 11.7 Å². The third-order valence-corrected chi connectivity index (χ3v) is 4.51. The zero-order chi connectivity index (χ0) is 17.5. The molecular weight excluding hydrogens is 326 g/mol. The number of hydrogen-bond donors (Lipinski definition) is 2. The molecule has 0 fully saturated rings. The molecule has 1 aliphatic rings. The van der Waals surface area contributed by atoms with Gasteiger partial charge >= 0.3 is 0 Å². The highest BCUT2D eigenvalue weighted by Crippen LogP contribution is 2.39. The molecule has 2 aromatic carbocycles. The van der Waals surface area contributed by atoms with Gasteiger partial charge in [-0.1, -0.05) is 30.3 Å². The van der Waals surface area contributed by atoms with Crippen molar-refractivity contribution in [1.82, 2.24) is 19.7 Å². The average Bonchev–Trinajstić information content (AvgIpc) is 3.14. The van der Waals surface area contributed by atoms with Crippen molar-refractivity contribution >= 4 is 5.69 Å². The molecule has 6 heteroatoms. The predicted molar refractivity (Wildman–Crippen MR) is 98.6 cm³/mol. The molecule has 1 atom stereocenters. The van der Waals surface area contributed by atoms with Gasteiger partial charge in [0.2, 0.25) is 0 Å². The molecule has 0 aliphatic carbocycles. The molecule has 0 spiro atoms. The SMILES string of the molecule is Oc1ccccc1C1Nc2ccccc2-c2nc(-c3ccncc3)nn21. The maximum absolute atomic E-state index is 10.4. The summed E-state index contributed by atoms with van der Waals surface area (Å²) in [5.74, 6) is 1.61. The molecule has 2 aromatic heterocycles. The number of aromatic nitrogens is 4. The molecule has 0 amide bonds. The Labute approximate surface area is 149 Å². The summed E-state index contributed by atoms with van der Waals surface area (Å²) in [6.07, 6.45) is 3.11. The van der Waals surface area contributed by atoms with E-state index in [-0.39, 0.29) is 11.9 Å². The first-order chi connectivity index (χ1) is 12.8. The topological polar surface area (TPSA) is 75.9 Å². The summed E-state index contributed by atoms with van der Waals surface area (Å²) in [6, 6.07) is 19.0. The van der Waals surface area contributed by atoms with E-state index in [1.54, 1.807) is 24.5 Å². The average molecular weight is 341 g/mol. The van der Waals surface area contributed by atoms with Crippen LogP contribution in [-0.4, -0.2) is 24.9 Å². The Morgan fingerprint density at radius 2 is 1.69 bits per heavy atom. The number of pyridine rings is 1. The lowest BCUT2D eigenvalue weighted by molar-refractivity contribution is 0.452. The van der Waals surface area contributed by atoms with E-state index in [9.17, 15) is 5.11 Å². The number of phenolic OH excluding ortho intramolecular Hbond substituents is 1. The van der Waals surface area contributed by atoms with Gasteiger partial charge in [-0.15, -0.1) is 5.10 Å². The van der Waals surface area contributed by atoms with Gasteiger partial charge in [-0.3, -0.25) is 4.98 Å². The highest BCUT2D eigenvalue weighted by atomic mass is 16.3. The molecule has 26 heavy (non-hydrogen) atoms. The van der Waals surface area contributed by atoms with Crippen LogP contribution in [0.15, 0.2) is 73.1 Å². The summed E-state index contributed by atoms with van der Waals surface area (Å²) >= 11 is 0. The van der Waals surface area contributed by atoms with Crippen LogP contribution in [0.3, 0.4) is 0 Å². The maximum atomic E-state index is 10.4. The molecule has 5 rings (SSSR count). The van der Waals surface area contributed by atoms with Crippen molar-refractivity contribution in [2.75, 3.05) is 5.32 Å². The molecule has 2 N–H and O–H groups in total. The van der Waals surface area contributed by atoms with E-state index in [1.165, 1.54) is 0 Å². The number of nitrogens with one attached hydrogen (secondary N) is 1. The number of anilines is 1. The number of nitrogens with zero attached hydrogens (tertiary/aromatic N) is 4. The molecule has 0 saturated heterocycles. The Kier molecular flexibility index (Phi) is 3.21. The van der Waals surface area contributed by atoms with Gasteiger partial charge in [0.05, 0.1) is 0 Å². The van der Waals surface area contributed by atoms with Crippen LogP contribution < -0.4 is 5.32 Å². The largest absolute Gasteiger partial charge is 0.508 e. The van der Waals surface area contributed by atoms with Crippen molar-refractivity contribution in [1.29, 1.82) is 0 Å². The van der Waals surface area contributed by atoms with Crippen LogP contribution in [0.5, 0.6) is 5.75 Å². The van der Waals surface area contributed by atoms with Gasteiger partial charge in [0.15, 0.2) is 17.8 Å². The second-order valence-electron chi connectivity index (χ2n) is 6.09. The lowest BCUT2D eigenvalue weighted by atomic mass is 10.1. The molecule has 0 bridgehead atoms. The van der Waals surface area contributed by atoms with E-state index < -0.39 is 0 Å². The Morgan fingerprint density at radius 1 is 0.923 bits per heavy atom. The van der Waals surface area contributed by atoms with Gasteiger partial charge in [-0.25, -0.2) is 9.67 Å². The number of benzene rings is 2. The highest BCUT2D eigenvalue weighted by Gasteiger charge is 2.29. The predicted octanol–water partition coefficient (Wildman–Crippen LogP) is 3.69. The van der Waals surface area contributed by atoms with Crippen molar-refractivity contribution in [3.8, 4) is 28.5 Å². The Balaban J connectivity index is 1.73. The van der Waals surface area contributed by atoms with E-state index >= 15 is 0 Å². The zero-order valence-corrected chi connectivity index (χ0v) is 13.7. The molecule has 0 saturated carbocycles. The van der Waals surface area contributed by atoms with Gasteiger partial charge in [0.25, 0.3) is 0 Å². The lowest BCUT2D eigenvalue weighted by Crippen LogP contribution is -2.25. The third-order valence-electron chi connectivity index (χ3n) is 4.51. The van der Waals surface area contributed by atoms with Crippen molar-refractivity contribution in [2.45, 2.75) is 6.17 Å². The van der Waals surface area contributed by atoms with Crippen LogP contribution >= 0.6 is 0 Å². The van der Waals surface area contributed by atoms with Crippen LogP contribution in [0.2, 0.25) is 0 Å². The Bertz CT molecular complexity index is 1090. The molecular formula is C20H15N5O. The summed E-state index contributed by atoms with van der Waals surface area (Å²) in [5.41, 5.74) is 3.58. The number of fused-ring (bicyclic) bond motifs is 3. The highest BCUT2D eigenvalue weighted by molar-refractivity contribution is 5.77. The first-order valence-electron chi connectivity index (χ1n) is 8.32. The number of aromatic hydroxyl groups is 1. The molecule has 6 nitrogen and oxygen atoms in total. The van der Waals surface area contributed by atoms with E-state index in [2.05, 4.69) is 10.3 Å². The maximum Gasteiger partial charge on any atom is 0.181 e. The second-order valence-corrected chi connectivity index (χ2v) is 6.09. The molecule has 1 aliphatic heterocycles. The molecule has 126 valence electrons. The summed E-state index contributed by atoms with van der Waals surface area (Å²) in [5, 5.41) is 18.5. The van der Waals surface area contributed by atoms with Crippen molar-refractivity contribution in [3.63, 3.8) is 0 Å². The number of phenols is 1. The van der Waals surface area contributed by atoms with E-state index in [4.69, 9.17) is 10.1 Å². The van der Waals surface area contributed by atoms with Gasteiger partial charge in [0, 0.05) is 34.8 Å². The normalized spacial score (nSPS) is 15.0. The van der Waals surface area contributed by atoms with Crippen molar-refractivity contribution < 1.29 is 5.11 Å². The minimum atomic E-state index is -0.343. The third kappa shape index (κ3) is 2.23. The van der Waals surface area contributed by atoms with E-state index in [0.717, 1.165) is 28.2 Å². The molecule has 0 radical (unpaired) electrons. The fourth-order valence-electron chi connectivity index (χ4n) is 3.25. The molecule has 1 unspecified atom stereocenters. The number of para-hydroxylation sites is 2. The van der Waals surface area contributed by atoms with Crippen molar-refractivity contribution in [2.24, 2.45) is 0 Å². The summed E-state index contributed by atoms with van der Waals surface area (Å²) in [4.78, 5) is 8.83. The smallest absolute Gasteiger partial charge is 0.181 e. The van der Waals surface area contributed by atoms with Crippen LogP contribution in [-0.2, 0) is 0 Å². The van der Waals surface area contributed by atoms with Gasteiger partial charge in [-0.2, -0.15) is 0 Å². The van der Waals surface area contributed by atoms with E-state index in [0.29, 0.717) is 5.82 Å². The Morgan fingerprint density at radius 3 is 2.54 bits per heavy atom. The van der Waals surface area contributed by atoms with Gasteiger partial charge < -0.3 is 10.4 Å². The van der Waals surface area contributed by atoms with Gasteiger partial charge in [0.1, 0.15) is 5.75 Å².